The average molecular weight is 253 g/mol. The number of hydrogen-bond acceptors (Lipinski definition) is 3. The summed E-state index contributed by atoms with van der Waals surface area (Å²) in [6.07, 6.45) is 1.04. The molecule has 4 heteroatoms. The van der Waals surface area contributed by atoms with Gasteiger partial charge in [-0.1, -0.05) is 13.8 Å². The van der Waals surface area contributed by atoms with Gasteiger partial charge in [0.2, 0.25) is 0 Å². The van der Waals surface area contributed by atoms with Crippen LogP contribution in [0, 0.1) is 13.8 Å². The Morgan fingerprint density at radius 3 is 2.50 bits per heavy atom. The van der Waals surface area contributed by atoms with E-state index < -0.39 is 0 Å². The molecule has 104 valence electrons. The molecule has 1 rings (SSSR count). The zero-order valence-corrected chi connectivity index (χ0v) is 12.6. The van der Waals surface area contributed by atoms with E-state index in [1.54, 1.807) is 7.11 Å². The molecule has 1 aromatic heterocycles. The van der Waals surface area contributed by atoms with E-state index >= 15 is 0 Å². The van der Waals surface area contributed by atoms with E-state index in [1.165, 1.54) is 11.3 Å². The lowest BCUT2D eigenvalue weighted by atomic mass is 10.1. The Morgan fingerprint density at radius 2 is 1.94 bits per heavy atom. The van der Waals surface area contributed by atoms with Crippen LogP contribution in [0.25, 0.3) is 0 Å². The summed E-state index contributed by atoms with van der Waals surface area (Å²) in [5.74, 6) is 0. The molecule has 0 aliphatic rings. The molecular weight excluding hydrogens is 226 g/mol. The Kier molecular flexibility index (Phi) is 5.82. The second kappa shape index (κ2) is 6.90. The third kappa shape index (κ3) is 3.82. The fraction of sp³-hybridized carbons (Fsp3) is 0.786. The molecular formula is C14H27N3O. The van der Waals surface area contributed by atoms with E-state index in [9.17, 15) is 0 Å². The highest BCUT2D eigenvalue weighted by atomic mass is 16.5. The van der Waals surface area contributed by atoms with E-state index in [0.717, 1.165) is 18.7 Å². The van der Waals surface area contributed by atoms with Crippen molar-refractivity contribution < 1.29 is 4.74 Å². The van der Waals surface area contributed by atoms with E-state index in [2.05, 4.69) is 49.7 Å². The monoisotopic (exact) mass is 253 g/mol. The molecule has 0 amide bonds. The van der Waals surface area contributed by atoms with Crippen LogP contribution in [0.5, 0.6) is 0 Å². The number of aromatic nitrogens is 2. The molecule has 0 saturated carbocycles. The maximum atomic E-state index is 5.20. The van der Waals surface area contributed by atoms with Gasteiger partial charge in [-0.05, 0) is 39.3 Å². The number of hydrogen-bond donors (Lipinski definition) is 1. The van der Waals surface area contributed by atoms with E-state index in [0.29, 0.717) is 18.7 Å². The molecule has 0 bridgehead atoms. The van der Waals surface area contributed by atoms with Crippen molar-refractivity contribution in [3.63, 3.8) is 0 Å². The van der Waals surface area contributed by atoms with Gasteiger partial charge in [-0.15, -0.1) is 0 Å². The van der Waals surface area contributed by atoms with Crippen LogP contribution < -0.4 is 5.32 Å². The smallest absolute Gasteiger partial charge is 0.0727 e. The van der Waals surface area contributed by atoms with Crippen LogP contribution in [0.15, 0.2) is 0 Å². The molecule has 4 nitrogen and oxygen atoms in total. The molecule has 0 saturated heterocycles. The largest absolute Gasteiger partial charge is 0.382 e. The van der Waals surface area contributed by atoms with Crippen LogP contribution >= 0.6 is 0 Å². The van der Waals surface area contributed by atoms with E-state index in [-0.39, 0.29) is 0 Å². The molecule has 0 spiro atoms. The van der Waals surface area contributed by atoms with Gasteiger partial charge in [-0.25, -0.2) is 0 Å². The standard InChI is InChI=1S/C14H27N3O/c1-10(2)15-8-7-14-12(4)16-17(13(14)5)11(3)9-18-6/h10-11,15H,7-9H2,1-6H3. The van der Waals surface area contributed by atoms with Crippen LogP contribution in [0.2, 0.25) is 0 Å². The maximum Gasteiger partial charge on any atom is 0.0727 e. The Bertz CT molecular complexity index is 371. The van der Waals surface area contributed by atoms with E-state index in [1.807, 2.05) is 0 Å². The first-order valence-corrected chi connectivity index (χ1v) is 6.74. The van der Waals surface area contributed by atoms with Crippen molar-refractivity contribution in [2.24, 2.45) is 0 Å². The number of aryl methyl sites for hydroxylation is 1. The molecule has 1 N–H and O–H groups in total. The summed E-state index contributed by atoms with van der Waals surface area (Å²) in [6.45, 7) is 12.4. The topological polar surface area (TPSA) is 39.1 Å². The lowest BCUT2D eigenvalue weighted by Crippen LogP contribution is -2.25. The van der Waals surface area contributed by atoms with Crippen molar-refractivity contribution in [3.8, 4) is 0 Å². The number of nitrogens with one attached hydrogen (secondary N) is 1. The third-order valence-corrected chi connectivity index (χ3v) is 3.23. The van der Waals surface area contributed by atoms with Crippen LogP contribution in [0.1, 0.15) is 43.8 Å². The van der Waals surface area contributed by atoms with Gasteiger partial charge in [-0.3, -0.25) is 4.68 Å². The first-order valence-electron chi connectivity index (χ1n) is 6.74. The minimum absolute atomic E-state index is 0.292. The Labute approximate surface area is 111 Å². The molecule has 1 heterocycles. The number of ether oxygens (including phenoxy) is 1. The van der Waals surface area contributed by atoms with Crippen LogP contribution in [-0.2, 0) is 11.2 Å². The zero-order chi connectivity index (χ0) is 13.7. The summed E-state index contributed by atoms with van der Waals surface area (Å²) in [4.78, 5) is 0. The van der Waals surface area contributed by atoms with Crippen molar-refractivity contribution in [1.82, 2.24) is 15.1 Å². The Balaban J connectivity index is 2.74. The van der Waals surface area contributed by atoms with Gasteiger partial charge >= 0.3 is 0 Å². The molecule has 0 aliphatic carbocycles. The molecule has 0 aromatic carbocycles. The van der Waals surface area contributed by atoms with Crippen molar-refractivity contribution >= 4 is 0 Å². The molecule has 0 aliphatic heterocycles. The van der Waals surface area contributed by atoms with Crippen LogP contribution in [-0.4, -0.2) is 36.1 Å². The second-order valence-corrected chi connectivity index (χ2v) is 5.26. The minimum atomic E-state index is 0.292. The molecule has 0 fully saturated rings. The maximum absolute atomic E-state index is 5.20. The van der Waals surface area contributed by atoms with Gasteiger partial charge < -0.3 is 10.1 Å². The van der Waals surface area contributed by atoms with Gasteiger partial charge in [0.05, 0.1) is 18.3 Å². The molecule has 0 radical (unpaired) electrons. The summed E-state index contributed by atoms with van der Waals surface area (Å²) in [5, 5.41) is 8.09. The second-order valence-electron chi connectivity index (χ2n) is 5.26. The first kappa shape index (κ1) is 15.2. The van der Waals surface area contributed by atoms with Crippen molar-refractivity contribution in [3.05, 3.63) is 17.0 Å². The lowest BCUT2D eigenvalue weighted by molar-refractivity contribution is 0.156. The first-order chi connectivity index (χ1) is 8.47. The summed E-state index contributed by atoms with van der Waals surface area (Å²) >= 11 is 0. The van der Waals surface area contributed by atoms with Crippen molar-refractivity contribution in [2.45, 2.75) is 53.1 Å². The Morgan fingerprint density at radius 1 is 1.28 bits per heavy atom. The summed E-state index contributed by atoms with van der Waals surface area (Å²) in [5.41, 5.74) is 3.77. The fourth-order valence-corrected chi connectivity index (χ4v) is 2.29. The normalized spacial score (nSPS) is 13.3. The van der Waals surface area contributed by atoms with Gasteiger partial charge in [0.15, 0.2) is 0 Å². The highest BCUT2D eigenvalue weighted by molar-refractivity contribution is 5.25. The summed E-state index contributed by atoms with van der Waals surface area (Å²) < 4.78 is 7.29. The fourth-order valence-electron chi connectivity index (χ4n) is 2.29. The SMILES string of the molecule is COCC(C)n1nc(C)c(CCNC(C)C)c1C. The molecule has 18 heavy (non-hydrogen) atoms. The number of methoxy groups -OCH3 is 1. The van der Waals surface area contributed by atoms with Crippen molar-refractivity contribution in [2.75, 3.05) is 20.3 Å². The number of rotatable bonds is 7. The van der Waals surface area contributed by atoms with Gasteiger partial charge in [0.25, 0.3) is 0 Å². The minimum Gasteiger partial charge on any atom is -0.382 e. The molecule has 1 unspecified atom stereocenters. The predicted molar refractivity (Wildman–Crippen MR) is 75.1 cm³/mol. The van der Waals surface area contributed by atoms with Gasteiger partial charge in [-0.2, -0.15) is 5.10 Å². The van der Waals surface area contributed by atoms with Gasteiger partial charge in [0, 0.05) is 18.8 Å². The van der Waals surface area contributed by atoms with Crippen LogP contribution in [0.4, 0.5) is 0 Å². The highest BCUT2D eigenvalue weighted by Crippen LogP contribution is 2.18. The highest BCUT2D eigenvalue weighted by Gasteiger charge is 2.15. The average Bonchev–Trinajstić information content (AvgIpc) is 2.56. The third-order valence-electron chi connectivity index (χ3n) is 3.23. The summed E-state index contributed by atoms with van der Waals surface area (Å²) in [6, 6.07) is 0.827. The van der Waals surface area contributed by atoms with E-state index in [4.69, 9.17) is 4.74 Å². The predicted octanol–water partition coefficient (Wildman–Crippen LogP) is 2.25. The molecule has 1 aromatic rings. The quantitative estimate of drug-likeness (QED) is 0.810. The zero-order valence-electron chi connectivity index (χ0n) is 12.6. The van der Waals surface area contributed by atoms with Crippen LogP contribution in [0.3, 0.4) is 0 Å². The summed E-state index contributed by atoms with van der Waals surface area (Å²) in [7, 11) is 1.73. The van der Waals surface area contributed by atoms with Crippen molar-refractivity contribution in [1.29, 1.82) is 0 Å². The van der Waals surface area contributed by atoms with Gasteiger partial charge in [0.1, 0.15) is 0 Å². The Hall–Kier alpha value is -0.870. The lowest BCUT2D eigenvalue weighted by Gasteiger charge is -2.13. The number of nitrogens with zero attached hydrogens (tertiary/aromatic N) is 2. The molecule has 1 atom stereocenters.